The van der Waals surface area contributed by atoms with Crippen LogP contribution in [0.25, 0.3) is 0 Å². The van der Waals surface area contributed by atoms with E-state index in [2.05, 4.69) is 0 Å². The Labute approximate surface area is 84.7 Å². The fraction of sp³-hybridized carbons (Fsp3) is 0.500. The fourth-order valence-electron chi connectivity index (χ4n) is 2.32. The molecule has 0 radical (unpaired) electrons. The van der Waals surface area contributed by atoms with E-state index < -0.39 is 0 Å². The Morgan fingerprint density at radius 1 is 1.14 bits per heavy atom. The van der Waals surface area contributed by atoms with Gasteiger partial charge in [-0.15, -0.1) is 0 Å². The van der Waals surface area contributed by atoms with E-state index in [-0.39, 0.29) is 12.0 Å². The fourth-order valence-corrected chi connectivity index (χ4v) is 2.32. The Morgan fingerprint density at radius 2 is 1.86 bits per heavy atom. The first-order chi connectivity index (χ1) is 6.79. The molecular formula is C12H17NO. The van der Waals surface area contributed by atoms with E-state index >= 15 is 0 Å². The standard InChI is InChI=1S/C12H17NO/c13-11-7-3-1-5-9(11)10-6-2-4-8-12(10)14/h1,3,5,7,10,12,14H,2,4,6,8,13H2. The largest absolute Gasteiger partial charge is 0.398 e. The Morgan fingerprint density at radius 3 is 2.57 bits per heavy atom. The zero-order valence-corrected chi connectivity index (χ0v) is 8.32. The number of aliphatic hydroxyl groups excluding tert-OH is 1. The molecule has 0 aliphatic heterocycles. The quantitative estimate of drug-likeness (QED) is 0.669. The van der Waals surface area contributed by atoms with Crippen molar-refractivity contribution >= 4 is 5.69 Å². The molecule has 0 heterocycles. The molecule has 0 amide bonds. The average molecular weight is 191 g/mol. The first-order valence-corrected chi connectivity index (χ1v) is 5.31. The lowest BCUT2D eigenvalue weighted by Gasteiger charge is -2.28. The number of aliphatic hydroxyl groups is 1. The molecule has 14 heavy (non-hydrogen) atoms. The monoisotopic (exact) mass is 191 g/mol. The van der Waals surface area contributed by atoms with E-state index in [0.717, 1.165) is 30.5 Å². The maximum atomic E-state index is 9.89. The second kappa shape index (κ2) is 4.01. The van der Waals surface area contributed by atoms with Crippen LogP contribution in [0.3, 0.4) is 0 Å². The number of nitrogens with two attached hydrogens (primary N) is 1. The van der Waals surface area contributed by atoms with Crippen molar-refractivity contribution in [2.45, 2.75) is 37.7 Å². The van der Waals surface area contributed by atoms with Crippen molar-refractivity contribution in [2.24, 2.45) is 0 Å². The summed E-state index contributed by atoms with van der Waals surface area (Å²) in [6, 6.07) is 7.88. The minimum absolute atomic E-state index is 0.201. The topological polar surface area (TPSA) is 46.2 Å². The van der Waals surface area contributed by atoms with Gasteiger partial charge in [0.05, 0.1) is 6.10 Å². The molecule has 1 fully saturated rings. The zero-order valence-electron chi connectivity index (χ0n) is 8.32. The Hall–Kier alpha value is -1.02. The summed E-state index contributed by atoms with van der Waals surface area (Å²) in [4.78, 5) is 0. The minimum Gasteiger partial charge on any atom is -0.398 e. The molecule has 1 aliphatic rings. The van der Waals surface area contributed by atoms with Gasteiger partial charge in [0.25, 0.3) is 0 Å². The first kappa shape index (κ1) is 9.53. The van der Waals surface area contributed by atoms with Crippen LogP contribution < -0.4 is 5.73 Å². The Balaban J connectivity index is 2.25. The van der Waals surface area contributed by atoms with E-state index in [1.807, 2.05) is 24.3 Å². The van der Waals surface area contributed by atoms with Crippen molar-refractivity contribution in [2.75, 3.05) is 5.73 Å². The Kier molecular flexibility index (Phi) is 2.73. The second-order valence-corrected chi connectivity index (χ2v) is 4.09. The van der Waals surface area contributed by atoms with Gasteiger partial charge in [0.2, 0.25) is 0 Å². The van der Waals surface area contributed by atoms with Gasteiger partial charge in [0.1, 0.15) is 0 Å². The van der Waals surface area contributed by atoms with Crippen LogP contribution in [0, 0.1) is 0 Å². The summed E-state index contributed by atoms with van der Waals surface area (Å²) in [6.45, 7) is 0. The maximum Gasteiger partial charge on any atom is 0.0609 e. The van der Waals surface area contributed by atoms with E-state index in [1.165, 1.54) is 6.42 Å². The normalized spacial score (nSPS) is 27.5. The maximum absolute atomic E-state index is 9.89. The number of rotatable bonds is 1. The highest BCUT2D eigenvalue weighted by atomic mass is 16.3. The van der Waals surface area contributed by atoms with E-state index in [4.69, 9.17) is 5.73 Å². The highest BCUT2D eigenvalue weighted by Gasteiger charge is 2.25. The lowest BCUT2D eigenvalue weighted by atomic mass is 9.81. The van der Waals surface area contributed by atoms with Gasteiger partial charge in [0.15, 0.2) is 0 Å². The molecular weight excluding hydrogens is 174 g/mol. The molecule has 1 saturated carbocycles. The number of hydrogen-bond acceptors (Lipinski definition) is 2. The van der Waals surface area contributed by atoms with E-state index in [9.17, 15) is 5.11 Å². The van der Waals surface area contributed by atoms with Crippen LogP contribution in [0.4, 0.5) is 5.69 Å². The number of nitrogen functional groups attached to an aromatic ring is 1. The van der Waals surface area contributed by atoms with Crippen LogP contribution in [-0.2, 0) is 0 Å². The van der Waals surface area contributed by atoms with Crippen LogP contribution >= 0.6 is 0 Å². The molecule has 3 N–H and O–H groups in total. The van der Waals surface area contributed by atoms with Crippen molar-refractivity contribution in [3.8, 4) is 0 Å². The summed E-state index contributed by atoms with van der Waals surface area (Å²) >= 11 is 0. The highest BCUT2D eigenvalue weighted by molar-refractivity contribution is 5.48. The second-order valence-electron chi connectivity index (χ2n) is 4.09. The Bertz CT molecular complexity index is 311. The lowest BCUT2D eigenvalue weighted by Crippen LogP contribution is -2.23. The van der Waals surface area contributed by atoms with Crippen molar-refractivity contribution in [3.63, 3.8) is 0 Å². The molecule has 1 aromatic rings. The van der Waals surface area contributed by atoms with E-state index in [1.54, 1.807) is 0 Å². The SMILES string of the molecule is Nc1ccccc1C1CCCCC1O. The van der Waals surface area contributed by atoms with Crippen LogP contribution in [-0.4, -0.2) is 11.2 Å². The number of para-hydroxylation sites is 1. The molecule has 2 atom stereocenters. The van der Waals surface area contributed by atoms with Crippen molar-refractivity contribution in [3.05, 3.63) is 29.8 Å². The summed E-state index contributed by atoms with van der Waals surface area (Å²) in [7, 11) is 0. The van der Waals surface area contributed by atoms with Crippen molar-refractivity contribution in [1.29, 1.82) is 0 Å². The zero-order chi connectivity index (χ0) is 9.97. The molecule has 2 heteroatoms. The molecule has 0 spiro atoms. The van der Waals surface area contributed by atoms with Gasteiger partial charge in [-0.25, -0.2) is 0 Å². The van der Waals surface area contributed by atoms with Gasteiger partial charge >= 0.3 is 0 Å². The number of hydrogen-bond donors (Lipinski definition) is 2. The summed E-state index contributed by atoms with van der Waals surface area (Å²) in [5.74, 6) is 0.255. The molecule has 2 rings (SSSR count). The molecule has 1 aromatic carbocycles. The van der Waals surface area contributed by atoms with E-state index in [0.29, 0.717) is 0 Å². The van der Waals surface area contributed by atoms with Crippen molar-refractivity contribution < 1.29 is 5.11 Å². The average Bonchev–Trinajstić information content (AvgIpc) is 2.20. The number of benzene rings is 1. The summed E-state index contributed by atoms with van der Waals surface area (Å²) in [5.41, 5.74) is 7.85. The van der Waals surface area contributed by atoms with Gasteiger partial charge in [-0.3, -0.25) is 0 Å². The van der Waals surface area contributed by atoms with Gasteiger partial charge < -0.3 is 10.8 Å². The molecule has 0 bridgehead atoms. The van der Waals surface area contributed by atoms with Gasteiger partial charge in [-0.1, -0.05) is 31.0 Å². The molecule has 1 aliphatic carbocycles. The summed E-state index contributed by atoms with van der Waals surface area (Å²) in [5, 5.41) is 9.89. The predicted molar refractivity (Wildman–Crippen MR) is 58.1 cm³/mol. The third-order valence-corrected chi connectivity index (χ3v) is 3.12. The van der Waals surface area contributed by atoms with Crippen LogP contribution in [0.1, 0.15) is 37.2 Å². The first-order valence-electron chi connectivity index (χ1n) is 5.31. The highest BCUT2D eigenvalue weighted by Crippen LogP contribution is 2.35. The smallest absolute Gasteiger partial charge is 0.0609 e. The van der Waals surface area contributed by atoms with Crippen LogP contribution in [0.2, 0.25) is 0 Å². The summed E-state index contributed by atoms with van der Waals surface area (Å²) in [6.07, 6.45) is 4.13. The lowest BCUT2D eigenvalue weighted by molar-refractivity contribution is 0.106. The molecule has 2 nitrogen and oxygen atoms in total. The van der Waals surface area contributed by atoms with Gasteiger partial charge in [-0.05, 0) is 24.5 Å². The van der Waals surface area contributed by atoms with Gasteiger partial charge in [0, 0.05) is 11.6 Å². The van der Waals surface area contributed by atoms with Crippen LogP contribution in [0.5, 0.6) is 0 Å². The van der Waals surface area contributed by atoms with Gasteiger partial charge in [-0.2, -0.15) is 0 Å². The summed E-state index contributed by atoms with van der Waals surface area (Å²) < 4.78 is 0. The number of anilines is 1. The molecule has 2 unspecified atom stereocenters. The molecule has 0 saturated heterocycles. The molecule has 0 aromatic heterocycles. The third kappa shape index (κ3) is 1.75. The minimum atomic E-state index is -0.201. The molecule has 76 valence electrons. The van der Waals surface area contributed by atoms with Crippen molar-refractivity contribution in [1.82, 2.24) is 0 Å². The predicted octanol–water partition coefficient (Wildman–Crippen LogP) is 2.29. The van der Waals surface area contributed by atoms with Crippen LogP contribution in [0.15, 0.2) is 24.3 Å². The third-order valence-electron chi connectivity index (χ3n) is 3.12.